The maximum absolute atomic E-state index is 11.0. The number of rotatable bonds is 4. The second kappa shape index (κ2) is 3.65. The number of hydrogen-bond donors (Lipinski definition) is 1. The molecule has 1 aromatic heterocycles. The fourth-order valence-corrected chi connectivity index (χ4v) is 0.726. The van der Waals surface area contributed by atoms with Crippen LogP contribution in [-0.4, -0.2) is 22.0 Å². The first-order valence-corrected chi connectivity index (χ1v) is 3.31. The Morgan fingerprint density at radius 1 is 1.73 bits per heavy atom. The highest BCUT2D eigenvalue weighted by Crippen LogP contribution is 1.96. The van der Waals surface area contributed by atoms with Gasteiger partial charge in [0.25, 0.3) is 0 Å². The van der Waals surface area contributed by atoms with Gasteiger partial charge in [-0.3, -0.25) is 4.79 Å². The van der Waals surface area contributed by atoms with Gasteiger partial charge in [-0.2, -0.15) is 0 Å². The fraction of sp³-hybridized carbons (Fsp3) is 0.286. The van der Waals surface area contributed by atoms with Crippen LogP contribution < -0.4 is 0 Å². The predicted molar refractivity (Wildman–Crippen MR) is 38.2 cm³/mol. The van der Waals surface area contributed by atoms with Crippen molar-refractivity contribution < 1.29 is 9.59 Å². The first-order valence-electron chi connectivity index (χ1n) is 3.31. The number of aromatic amines is 1. The first-order chi connectivity index (χ1) is 5.34. The number of Topliss-reactive ketones (excluding diaryl/α,β-unsaturated/α-hetero) is 1. The monoisotopic (exact) mass is 152 g/mol. The van der Waals surface area contributed by atoms with Crippen molar-refractivity contribution in [3.63, 3.8) is 0 Å². The maximum atomic E-state index is 11.0. The van der Waals surface area contributed by atoms with Crippen molar-refractivity contribution in [1.29, 1.82) is 0 Å². The lowest BCUT2D eigenvalue weighted by Gasteiger charge is -1.89. The summed E-state index contributed by atoms with van der Waals surface area (Å²) in [4.78, 5) is 27.3. The third-order valence-electron chi connectivity index (χ3n) is 1.25. The van der Waals surface area contributed by atoms with E-state index in [2.05, 4.69) is 9.97 Å². The van der Waals surface area contributed by atoms with Gasteiger partial charge in [0.15, 0.2) is 11.6 Å². The lowest BCUT2D eigenvalue weighted by molar-refractivity contribution is -0.107. The van der Waals surface area contributed by atoms with Crippen LogP contribution in [0.4, 0.5) is 0 Å². The Balaban J connectivity index is 2.49. The van der Waals surface area contributed by atoms with Gasteiger partial charge in [0.05, 0.1) is 0 Å². The zero-order valence-corrected chi connectivity index (χ0v) is 5.91. The molecule has 0 saturated carbocycles. The molecule has 58 valence electrons. The average Bonchev–Trinajstić information content (AvgIpc) is 2.52. The molecule has 0 aliphatic carbocycles. The molecule has 0 aliphatic rings. The topological polar surface area (TPSA) is 62.8 Å². The molecule has 0 atom stereocenters. The zero-order valence-electron chi connectivity index (χ0n) is 5.91. The molecule has 0 unspecified atom stereocenters. The highest BCUT2D eigenvalue weighted by Gasteiger charge is 2.05. The largest absolute Gasteiger partial charge is 0.342 e. The van der Waals surface area contributed by atoms with Crippen molar-refractivity contribution in [3.8, 4) is 0 Å². The van der Waals surface area contributed by atoms with E-state index < -0.39 is 0 Å². The number of carbonyl (C=O) groups excluding carboxylic acids is 2. The number of nitrogens with one attached hydrogen (secondary N) is 1. The molecule has 0 amide bonds. The van der Waals surface area contributed by atoms with E-state index >= 15 is 0 Å². The van der Waals surface area contributed by atoms with E-state index in [0.717, 1.165) is 6.29 Å². The van der Waals surface area contributed by atoms with Gasteiger partial charge >= 0.3 is 0 Å². The minimum Gasteiger partial charge on any atom is -0.342 e. The number of aldehydes is 1. The Morgan fingerprint density at radius 2 is 2.55 bits per heavy atom. The average molecular weight is 152 g/mol. The molecule has 0 aliphatic heterocycles. The normalized spacial score (nSPS) is 9.45. The van der Waals surface area contributed by atoms with Crippen molar-refractivity contribution in [1.82, 2.24) is 9.97 Å². The Labute approximate surface area is 63.6 Å². The molecule has 1 N–H and O–H groups in total. The molecule has 4 nitrogen and oxygen atoms in total. The van der Waals surface area contributed by atoms with E-state index in [9.17, 15) is 9.59 Å². The minimum absolute atomic E-state index is 0.123. The SMILES string of the molecule is O=CCCC(=O)c1ncc[nH]1. The van der Waals surface area contributed by atoms with E-state index in [-0.39, 0.29) is 18.6 Å². The number of hydrogen-bond acceptors (Lipinski definition) is 3. The highest BCUT2D eigenvalue weighted by atomic mass is 16.1. The second-order valence-corrected chi connectivity index (χ2v) is 2.07. The molecule has 1 heterocycles. The third-order valence-corrected chi connectivity index (χ3v) is 1.25. The van der Waals surface area contributed by atoms with E-state index in [1.807, 2.05) is 0 Å². The van der Waals surface area contributed by atoms with Crippen LogP contribution in [0.1, 0.15) is 23.5 Å². The van der Waals surface area contributed by atoms with Crippen LogP contribution in [0.15, 0.2) is 12.4 Å². The van der Waals surface area contributed by atoms with Gasteiger partial charge in [-0.15, -0.1) is 0 Å². The summed E-state index contributed by atoms with van der Waals surface area (Å²) in [5, 5.41) is 0. The van der Waals surface area contributed by atoms with E-state index in [1.54, 1.807) is 6.20 Å². The molecule has 0 saturated heterocycles. The summed E-state index contributed by atoms with van der Waals surface area (Å²) in [5.41, 5.74) is 0. The van der Waals surface area contributed by atoms with Crippen LogP contribution in [0.3, 0.4) is 0 Å². The Bertz CT molecular complexity index is 241. The number of aromatic nitrogens is 2. The number of imidazole rings is 1. The van der Waals surface area contributed by atoms with E-state index in [4.69, 9.17) is 0 Å². The molecule has 1 aromatic rings. The Kier molecular flexibility index (Phi) is 2.54. The molecular weight excluding hydrogens is 144 g/mol. The summed E-state index contributed by atoms with van der Waals surface area (Å²) in [6.45, 7) is 0. The number of ketones is 1. The minimum atomic E-state index is -0.123. The molecule has 0 spiro atoms. The van der Waals surface area contributed by atoms with Gasteiger partial charge < -0.3 is 9.78 Å². The number of H-pyrrole nitrogens is 1. The van der Waals surface area contributed by atoms with Crippen LogP contribution in [0.25, 0.3) is 0 Å². The van der Waals surface area contributed by atoms with Gasteiger partial charge in [-0.25, -0.2) is 4.98 Å². The summed E-state index contributed by atoms with van der Waals surface area (Å²) in [7, 11) is 0. The van der Waals surface area contributed by atoms with Gasteiger partial charge in [0, 0.05) is 25.2 Å². The standard InChI is InChI=1S/C7H8N2O2/c10-5-1-2-6(11)7-8-3-4-9-7/h3-5H,1-2H2,(H,8,9). The summed E-state index contributed by atoms with van der Waals surface area (Å²) in [6, 6.07) is 0. The van der Waals surface area contributed by atoms with Crippen molar-refractivity contribution in [2.24, 2.45) is 0 Å². The summed E-state index contributed by atoms with van der Waals surface area (Å²) in [5.74, 6) is 0.203. The van der Waals surface area contributed by atoms with Gasteiger partial charge in [0.2, 0.25) is 0 Å². The Hall–Kier alpha value is -1.45. The van der Waals surface area contributed by atoms with Crippen LogP contribution in [0.5, 0.6) is 0 Å². The summed E-state index contributed by atoms with van der Waals surface area (Å²) in [6.07, 6.45) is 4.31. The zero-order chi connectivity index (χ0) is 8.10. The quantitative estimate of drug-likeness (QED) is 0.506. The molecule has 0 bridgehead atoms. The summed E-state index contributed by atoms with van der Waals surface area (Å²) >= 11 is 0. The smallest absolute Gasteiger partial charge is 0.198 e. The Morgan fingerprint density at radius 3 is 3.09 bits per heavy atom. The van der Waals surface area contributed by atoms with Crippen molar-refractivity contribution >= 4 is 12.1 Å². The van der Waals surface area contributed by atoms with Crippen LogP contribution in [-0.2, 0) is 4.79 Å². The van der Waals surface area contributed by atoms with E-state index in [1.165, 1.54) is 6.20 Å². The molecule has 1 rings (SSSR count). The first kappa shape index (κ1) is 7.65. The summed E-state index contributed by atoms with van der Waals surface area (Å²) < 4.78 is 0. The van der Waals surface area contributed by atoms with Crippen molar-refractivity contribution in [3.05, 3.63) is 18.2 Å². The van der Waals surface area contributed by atoms with E-state index in [0.29, 0.717) is 5.82 Å². The second-order valence-electron chi connectivity index (χ2n) is 2.07. The van der Waals surface area contributed by atoms with Crippen LogP contribution >= 0.6 is 0 Å². The van der Waals surface area contributed by atoms with Crippen molar-refractivity contribution in [2.45, 2.75) is 12.8 Å². The van der Waals surface area contributed by atoms with Gasteiger partial charge in [0.1, 0.15) is 6.29 Å². The third kappa shape index (κ3) is 2.00. The fourth-order valence-electron chi connectivity index (χ4n) is 0.726. The molecule has 0 fully saturated rings. The molecule has 4 heteroatoms. The van der Waals surface area contributed by atoms with Crippen molar-refractivity contribution in [2.75, 3.05) is 0 Å². The van der Waals surface area contributed by atoms with Gasteiger partial charge in [-0.1, -0.05) is 0 Å². The molecule has 11 heavy (non-hydrogen) atoms. The highest BCUT2D eigenvalue weighted by molar-refractivity contribution is 5.93. The molecule has 0 radical (unpaired) electrons. The van der Waals surface area contributed by atoms with Gasteiger partial charge in [-0.05, 0) is 0 Å². The van der Waals surface area contributed by atoms with Crippen LogP contribution in [0.2, 0.25) is 0 Å². The number of carbonyl (C=O) groups is 2. The lowest BCUT2D eigenvalue weighted by atomic mass is 10.2. The van der Waals surface area contributed by atoms with Crippen LogP contribution in [0, 0.1) is 0 Å². The molecular formula is C7H8N2O2. The maximum Gasteiger partial charge on any atom is 0.198 e. The molecule has 0 aromatic carbocycles. The predicted octanol–water partition coefficient (Wildman–Crippen LogP) is 0.571. The number of nitrogens with zero attached hydrogens (tertiary/aromatic N) is 1. The lowest BCUT2D eigenvalue weighted by Crippen LogP contribution is -2.01.